The van der Waals surface area contributed by atoms with Crippen LogP contribution in [0.1, 0.15) is 120 Å². The van der Waals surface area contributed by atoms with E-state index in [-0.39, 0.29) is 30.6 Å². The van der Waals surface area contributed by atoms with Crippen LogP contribution in [0.5, 0.6) is 11.5 Å². The van der Waals surface area contributed by atoms with E-state index in [4.69, 9.17) is 37.8 Å². The minimum atomic E-state index is 0. The summed E-state index contributed by atoms with van der Waals surface area (Å²) in [5, 5.41) is 10.4. The Kier molecular flexibility index (Phi) is 19.2. The summed E-state index contributed by atoms with van der Waals surface area (Å²) < 4.78 is 14.7. The zero-order chi connectivity index (χ0) is 29.3. The molecule has 236 valence electrons. The van der Waals surface area contributed by atoms with E-state index in [1.54, 1.807) is 7.11 Å². The molecular formula is C35H52Cl2INO3. The Hall–Kier alpha value is -1.02. The van der Waals surface area contributed by atoms with Gasteiger partial charge in [-0.1, -0.05) is 101 Å². The molecule has 0 aromatic heterocycles. The van der Waals surface area contributed by atoms with Crippen LogP contribution in [0.3, 0.4) is 0 Å². The number of aliphatic hydroxyl groups excluding tert-OH is 1. The number of hydrogen-bond acceptors (Lipinski definition) is 3. The molecule has 42 heavy (non-hydrogen) atoms. The third-order valence-corrected chi connectivity index (χ3v) is 8.80. The molecule has 2 aromatic rings. The first kappa shape index (κ1) is 37.2. The van der Waals surface area contributed by atoms with E-state index in [1.165, 1.54) is 74.6 Å². The third kappa shape index (κ3) is 12.2. The Morgan fingerprint density at radius 1 is 0.833 bits per heavy atom. The zero-order valence-electron chi connectivity index (χ0n) is 25.9. The molecule has 0 atom stereocenters. The summed E-state index contributed by atoms with van der Waals surface area (Å²) in [6, 6.07) is 10.1. The predicted molar refractivity (Wildman–Crippen MR) is 174 cm³/mol. The normalized spacial score (nSPS) is 12.7. The van der Waals surface area contributed by atoms with Gasteiger partial charge in [0.1, 0.15) is 6.54 Å². The summed E-state index contributed by atoms with van der Waals surface area (Å²) in [6.45, 7) is 4.94. The van der Waals surface area contributed by atoms with Crippen LogP contribution >= 0.6 is 23.2 Å². The fraction of sp³-hybridized carbons (Fsp3) is 0.629. The molecule has 2 aromatic carbocycles. The first-order valence-electron chi connectivity index (χ1n) is 16.1. The number of nitrogens with zero attached hydrogens (tertiary/aromatic N) is 1. The van der Waals surface area contributed by atoms with E-state index in [2.05, 4.69) is 29.7 Å². The number of fused-ring (bicyclic) bond motifs is 1. The highest BCUT2D eigenvalue weighted by atomic mass is 127. The molecule has 0 saturated carbocycles. The Labute approximate surface area is 282 Å². The number of halogens is 3. The van der Waals surface area contributed by atoms with Gasteiger partial charge in [-0.3, -0.25) is 0 Å². The van der Waals surface area contributed by atoms with Crippen LogP contribution in [0.25, 0.3) is 0 Å². The minimum absolute atomic E-state index is 0. The van der Waals surface area contributed by atoms with Crippen molar-refractivity contribution in [3.8, 4) is 11.5 Å². The molecule has 1 heterocycles. The van der Waals surface area contributed by atoms with Gasteiger partial charge in [-0.05, 0) is 49.6 Å². The second kappa shape index (κ2) is 21.6. The topological polar surface area (TPSA) is 41.7 Å². The Morgan fingerprint density at radius 2 is 1.50 bits per heavy atom. The lowest BCUT2D eigenvalue weighted by Crippen LogP contribution is -3.00. The van der Waals surface area contributed by atoms with Crippen LogP contribution in [-0.2, 0) is 13.0 Å². The van der Waals surface area contributed by atoms with Gasteiger partial charge in [0.25, 0.3) is 0 Å². The van der Waals surface area contributed by atoms with E-state index in [9.17, 15) is 0 Å². The highest BCUT2D eigenvalue weighted by molar-refractivity contribution is 6.35. The van der Waals surface area contributed by atoms with Crippen molar-refractivity contribution in [2.45, 2.75) is 116 Å². The van der Waals surface area contributed by atoms with Crippen molar-refractivity contribution in [2.24, 2.45) is 0 Å². The van der Waals surface area contributed by atoms with E-state index < -0.39 is 0 Å². The summed E-state index contributed by atoms with van der Waals surface area (Å²) in [4.78, 5) is 0. The van der Waals surface area contributed by atoms with Crippen LogP contribution in [-0.4, -0.2) is 42.3 Å². The van der Waals surface area contributed by atoms with Gasteiger partial charge < -0.3 is 38.6 Å². The lowest BCUT2D eigenvalue weighted by molar-refractivity contribution is -0.545. The molecule has 4 nitrogen and oxygen atoms in total. The molecule has 0 radical (unpaired) electrons. The molecule has 0 bridgehead atoms. The number of aliphatic hydroxyl groups is 1. The molecule has 7 heteroatoms. The second-order valence-corrected chi connectivity index (χ2v) is 12.2. The number of benzene rings is 2. The molecule has 0 fully saturated rings. The largest absolute Gasteiger partial charge is 1.00 e. The maximum Gasteiger partial charge on any atom is 0.184 e. The Balaban J connectivity index is 0.00000616. The average Bonchev–Trinajstić information content (AvgIpc) is 2.97. The van der Waals surface area contributed by atoms with Gasteiger partial charge in [-0.25, -0.2) is 4.58 Å². The Bertz CT molecular complexity index is 1090. The van der Waals surface area contributed by atoms with E-state index in [0.29, 0.717) is 11.6 Å². The van der Waals surface area contributed by atoms with Crippen molar-refractivity contribution in [2.75, 3.05) is 26.9 Å². The van der Waals surface area contributed by atoms with E-state index in [0.717, 1.165) is 80.1 Å². The molecule has 0 spiro atoms. The highest BCUT2D eigenvalue weighted by Gasteiger charge is 2.30. The lowest BCUT2D eigenvalue weighted by atomic mass is 9.91. The molecule has 0 amide bonds. The molecule has 1 N–H and O–H groups in total. The quantitative estimate of drug-likeness (QED) is 0.0873. The third-order valence-electron chi connectivity index (χ3n) is 8.21. The van der Waals surface area contributed by atoms with Crippen molar-refractivity contribution in [1.29, 1.82) is 0 Å². The van der Waals surface area contributed by atoms with Gasteiger partial charge in [-0.2, -0.15) is 0 Å². The maximum absolute atomic E-state index is 9.01. The van der Waals surface area contributed by atoms with Crippen molar-refractivity contribution < 1.29 is 43.1 Å². The maximum atomic E-state index is 9.01. The zero-order valence-corrected chi connectivity index (χ0v) is 29.5. The molecule has 0 aliphatic carbocycles. The fourth-order valence-electron chi connectivity index (χ4n) is 5.84. The van der Waals surface area contributed by atoms with E-state index >= 15 is 0 Å². The van der Waals surface area contributed by atoms with Gasteiger partial charge in [0.15, 0.2) is 23.8 Å². The summed E-state index contributed by atoms with van der Waals surface area (Å²) in [5.41, 5.74) is 5.06. The number of hydrogen-bond donors (Lipinski definition) is 1. The van der Waals surface area contributed by atoms with Gasteiger partial charge in [0.2, 0.25) is 0 Å². The summed E-state index contributed by atoms with van der Waals surface area (Å²) in [5.74, 6) is 1.73. The second-order valence-electron chi connectivity index (χ2n) is 11.4. The standard InChI is InChI=1S/C35H52Cl2NO3.HI/c1-3-4-5-6-7-8-9-11-14-17-33-30-20-21-34(40-2)35(41-25-16-13-10-12-15-24-39)31(30)22-23-38(33)27-28-18-19-29(36)26-32(28)37;/h18-21,26,39H,3-17,22-25,27H2,1-2H3;1H/q+1;/p-1. The minimum Gasteiger partial charge on any atom is -1.00 e. The summed E-state index contributed by atoms with van der Waals surface area (Å²) >= 11 is 12.8. The van der Waals surface area contributed by atoms with Crippen LogP contribution < -0.4 is 33.5 Å². The fourth-order valence-corrected chi connectivity index (χ4v) is 6.31. The molecule has 1 aliphatic heterocycles. The molecular weight excluding hydrogens is 680 g/mol. The van der Waals surface area contributed by atoms with Crippen molar-refractivity contribution in [1.82, 2.24) is 0 Å². The lowest BCUT2D eigenvalue weighted by Gasteiger charge is -2.23. The summed E-state index contributed by atoms with van der Waals surface area (Å²) in [7, 11) is 1.73. The SMILES string of the molecule is CCCCCCCCCCCC1=[N+](Cc2ccc(Cl)cc2Cl)CCc2c1ccc(OC)c2OCCCCCCCO.[I-]. The molecule has 3 rings (SSSR count). The predicted octanol–water partition coefficient (Wildman–Crippen LogP) is 6.81. The van der Waals surface area contributed by atoms with Crippen molar-refractivity contribution in [3.63, 3.8) is 0 Å². The molecule has 0 unspecified atom stereocenters. The molecule has 1 aliphatic rings. The smallest absolute Gasteiger partial charge is 0.184 e. The van der Waals surface area contributed by atoms with Gasteiger partial charge in [0, 0.05) is 41.2 Å². The van der Waals surface area contributed by atoms with Crippen LogP contribution in [0.2, 0.25) is 10.0 Å². The van der Waals surface area contributed by atoms with E-state index in [1.807, 2.05) is 12.1 Å². The van der Waals surface area contributed by atoms with Gasteiger partial charge in [0.05, 0.1) is 18.7 Å². The van der Waals surface area contributed by atoms with Crippen LogP contribution in [0.4, 0.5) is 0 Å². The van der Waals surface area contributed by atoms with Gasteiger partial charge >= 0.3 is 0 Å². The monoisotopic (exact) mass is 731 g/mol. The number of rotatable bonds is 21. The number of methoxy groups -OCH3 is 1. The van der Waals surface area contributed by atoms with Crippen molar-refractivity contribution in [3.05, 3.63) is 57.1 Å². The summed E-state index contributed by atoms with van der Waals surface area (Å²) in [6.07, 6.45) is 19.1. The van der Waals surface area contributed by atoms with Crippen LogP contribution in [0, 0.1) is 0 Å². The first-order valence-corrected chi connectivity index (χ1v) is 16.8. The first-order chi connectivity index (χ1) is 20.1. The van der Waals surface area contributed by atoms with Crippen molar-refractivity contribution >= 4 is 28.9 Å². The number of unbranched alkanes of at least 4 members (excludes halogenated alkanes) is 12. The van der Waals surface area contributed by atoms with Gasteiger partial charge in [-0.15, -0.1) is 0 Å². The highest BCUT2D eigenvalue weighted by Crippen LogP contribution is 2.37. The Morgan fingerprint density at radius 3 is 2.17 bits per heavy atom. The van der Waals surface area contributed by atoms with Crippen LogP contribution in [0.15, 0.2) is 30.3 Å². The number of ether oxygens (including phenoxy) is 2. The molecule has 0 saturated heterocycles. The average molecular weight is 733 g/mol.